The fourth-order valence-electron chi connectivity index (χ4n) is 4.88. The fourth-order valence-corrected chi connectivity index (χ4v) is 6.72. The van der Waals surface area contributed by atoms with Crippen LogP contribution in [0.3, 0.4) is 0 Å². The maximum atomic E-state index is 13.0. The molecule has 1 fully saturated rings. The molecule has 2 aromatic heterocycles. The van der Waals surface area contributed by atoms with Gasteiger partial charge in [-0.2, -0.15) is 0 Å². The van der Waals surface area contributed by atoms with Crippen LogP contribution in [0.2, 0.25) is 5.02 Å². The van der Waals surface area contributed by atoms with Gasteiger partial charge in [0.1, 0.15) is 0 Å². The second-order valence-corrected chi connectivity index (χ2v) is 12.1. The summed E-state index contributed by atoms with van der Waals surface area (Å²) in [5.74, 6) is 0.670. The van der Waals surface area contributed by atoms with Crippen LogP contribution in [0.4, 0.5) is 5.95 Å². The summed E-state index contributed by atoms with van der Waals surface area (Å²) in [6.45, 7) is 2.00. The number of nitrogens with zero attached hydrogens (tertiary/aromatic N) is 3. The summed E-state index contributed by atoms with van der Waals surface area (Å²) < 4.78 is 31.5. The minimum Gasteiger partial charge on any atom is -0.481 e. The Morgan fingerprint density at radius 1 is 1.05 bits per heavy atom. The van der Waals surface area contributed by atoms with Gasteiger partial charge in [0.2, 0.25) is 11.8 Å². The average Bonchev–Trinajstić information content (AvgIpc) is 2.89. The molecule has 0 saturated heterocycles. The molecule has 1 aliphatic carbocycles. The van der Waals surface area contributed by atoms with Crippen molar-refractivity contribution in [3.05, 3.63) is 71.0 Å². The van der Waals surface area contributed by atoms with Crippen LogP contribution in [0.5, 0.6) is 5.88 Å². The number of pyridine rings is 1. The number of nitrogens with one attached hydrogen (secondary N) is 1. The number of benzene rings is 2. The van der Waals surface area contributed by atoms with Crippen molar-refractivity contribution in [3.8, 4) is 17.0 Å². The summed E-state index contributed by atoms with van der Waals surface area (Å²) in [7, 11) is -2.16. The van der Waals surface area contributed by atoms with Crippen molar-refractivity contribution < 1.29 is 13.2 Å². The van der Waals surface area contributed by atoms with Gasteiger partial charge in [0.25, 0.3) is 0 Å². The van der Waals surface area contributed by atoms with Gasteiger partial charge < -0.3 is 15.8 Å². The van der Waals surface area contributed by atoms with Gasteiger partial charge in [0.05, 0.1) is 34.0 Å². The minimum absolute atomic E-state index is 0.0813. The molecule has 0 bridgehead atoms. The SMILES string of the molecule is COc1nc(CS(=O)(=O)c2ccccc2Cl)ccc1-c1cc2cnc(NC3CCC(N)CC3)nc2cc1C. The van der Waals surface area contributed by atoms with Gasteiger partial charge in [-0.15, -0.1) is 0 Å². The number of fused-ring (bicyclic) bond motifs is 1. The van der Waals surface area contributed by atoms with Crippen molar-refractivity contribution in [2.75, 3.05) is 12.4 Å². The molecule has 10 heteroatoms. The van der Waals surface area contributed by atoms with Crippen LogP contribution in [-0.2, 0) is 15.6 Å². The highest BCUT2D eigenvalue weighted by Crippen LogP contribution is 2.34. The van der Waals surface area contributed by atoms with Gasteiger partial charge in [0.15, 0.2) is 9.84 Å². The van der Waals surface area contributed by atoms with Crippen LogP contribution < -0.4 is 15.8 Å². The number of methoxy groups -OCH3 is 1. The molecule has 4 aromatic rings. The number of nitrogens with two attached hydrogens (primary N) is 1. The molecule has 0 aliphatic heterocycles. The van der Waals surface area contributed by atoms with E-state index in [1.165, 1.54) is 13.2 Å². The zero-order valence-corrected chi connectivity index (χ0v) is 22.9. The predicted molar refractivity (Wildman–Crippen MR) is 150 cm³/mol. The van der Waals surface area contributed by atoms with E-state index in [2.05, 4.69) is 15.3 Å². The number of rotatable bonds is 7. The summed E-state index contributed by atoms with van der Waals surface area (Å²) in [6, 6.07) is 14.6. The van der Waals surface area contributed by atoms with Crippen molar-refractivity contribution in [2.45, 2.75) is 55.3 Å². The Labute approximate surface area is 227 Å². The standard InChI is InChI=1S/C28H30ClN5O3S/c1-17-13-25-18(15-31-28(34-25)33-20-9-7-19(30)8-10-20)14-23(17)22-12-11-21(32-27(22)37-2)16-38(35,36)26-6-4-3-5-24(26)29/h3-6,11-15,19-20H,7-10,16,30H2,1-2H3,(H,31,33,34). The molecule has 38 heavy (non-hydrogen) atoms. The fraction of sp³-hybridized carbons (Fsp3) is 0.321. The molecule has 1 saturated carbocycles. The van der Waals surface area contributed by atoms with Gasteiger partial charge in [-0.3, -0.25) is 0 Å². The zero-order valence-electron chi connectivity index (χ0n) is 21.3. The number of anilines is 1. The quantitative estimate of drug-likeness (QED) is 0.317. The Morgan fingerprint density at radius 3 is 2.55 bits per heavy atom. The molecule has 1 aliphatic rings. The van der Waals surface area contributed by atoms with Crippen LogP contribution in [0.1, 0.15) is 36.9 Å². The first-order chi connectivity index (χ1) is 18.2. The average molecular weight is 552 g/mol. The van der Waals surface area contributed by atoms with E-state index in [9.17, 15) is 8.42 Å². The molecule has 5 rings (SSSR count). The number of ether oxygens (including phenoxy) is 1. The number of sulfone groups is 1. The van der Waals surface area contributed by atoms with E-state index >= 15 is 0 Å². The molecule has 8 nitrogen and oxygen atoms in total. The number of halogens is 1. The highest BCUT2D eigenvalue weighted by molar-refractivity contribution is 7.90. The molecule has 0 unspecified atom stereocenters. The predicted octanol–water partition coefficient (Wildman–Crippen LogP) is 5.32. The lowest BCUT2D eigenvalue weighted by molar-refractivity contribution is 0.398. The topological polar surface area (TPSA) is 120 Å². The van der Waals surface area contributed by atoms with Crippen molar-refractivity contribution in [1.29, 1.82) is 0 Å². The van der Waals surface area contributed by atoms with Crippen LogP contribution in [-0.4, -0.2) is 42.6 Å². The van der Waals surface area contributed by atoms with Gasteiger partial charge in [-0.1, -0.05) is 23.7 Å². The second kappa shape index (κ2) is 10.8. The third-order valence-electron chi connectivity index (χ3n) is 6.94. The Kier molecular flexibility index (Phi) is 7.52. The number of hydrogen-bond donors (Lipinski definition) is 2. The molecule has 198 valence electrons. The van der Waals surface area contributed by atoms with E-state index in [0.717, 1.165) is 53.3 Å². The summed E-state index contributed by atoms with van der Waals surface area (Å²) in [4.78, 5) is 13.9. The second-order valence-electron chi connectivity index (χ2n) is 9.72. The van der Waals surface area contributed by atoms with Crippen molar-refractivity contribution >= 4 is 38.3 Å². The molecule has 0 amide bonds. The van der Waals surface area contributed by atoms with Gasteiger partial charge in [-0.25, -0.2) is 23.4 Å². The highest BCUT2D eigenvalue weighted by Gasteiger charge is 2.22. The number of aryl methyl sites for hydroxylation is 1. The van der Waals surface area contributed by atoms with E-state index in [-0.39, 0.29) is 15.7 Å². The maximum Gasteiger partial charge on any atom is 0.223 e. The van der Waals surface area contributed by atoms with E-state index in [0.29, 0.717) is 29.6 Å². The monoisotopic (exact) mass is 551 g/mol. The first-order valence-electron chi connectivity index (χ1n) is 12.5. The third-order valence-corrected chi connectivity index (χ3v) is 9.09. The first-order valence-corrected chi connectivity index (χ1v) is 14.6. The lowest BCUT2D eigenvalue weighted by atomic mass is 9.92. The van der Waals surface area contributed by atoms with Crippen LogP contribution in [0, 0.1) is 6.92 Å². The van der Waals surface area contributed by atoms with Crippen molar-refractivity contribution in [2.24, 2.45) is 5.73 Å². The lowest BCUT2D eigenvalue weighted by Gasteiger charge is -2.26. The Hall–Kier alpha value is -3.27. The van der Waals surface area contributed by atoms with E-state index in [1.807, 2.05) is 31.3 Å². The lowest BCUT2D eigenvalue weighted by Crippen LogP contribution is -2.33. The van der Waals surface area contributed by atoms with Crippen LogP contribution in [0.25, 0.3) is 22.0 Å². The first kappa shape index (κ1) is 26.3. The molecule has 3 N–H and O–H groups in total. The summed E-state index contributed by atoms with van der Waals surface area (Å²) in [5, 5.41) is 4.52. The third kappa shape index (κ3) is 5.60. The summed E-state index contributed by atoms with van der Waals surface area (Å²) >= 11 is 6.12. The maximum absolute atomic E-state index is 13.0. The Morgan fingerprint density at radius 2 is 1.82 bits per heavy atom. The number of aromatic nitrogens is 3. The Bertz CT molecular complexity index is 1590. The molecular formula is C28H30ClN5O3S. The van der Waals surface area contributed by atoms with E-state index in [1.54, 1.807) is 24.3 Å². The number of hydrogen-bond acceptors (Lipinski definition) is 8. The van der Waals surface area contributed by atoms with E-state index in [4.69, 9.17) is 27.1 Å². The minimum atomic E-state index is -3.68. The largest absolute Gasteiger partial charge is 0.481 e. The van der Waals surface area contributed by atoms with Crippen molar-refractivity contribution in [1.82, 2.24) is 15.0 Å². The molecule has 2 aromatic carbocycles. The van der Waals surface area contributed by atoms with E-state index < -0.39 is 9.84 Å². The molecule has 0 atom stereocenters. The summed E-state index contributed by atoms with van der Waals surface area (Å²) in [5.41, 5.74) is 9.89. The smallest absolute Gasteiger partial charge is 0.223 e. The van der Waals surface area contributed by atoms with Gasteiger partial charge in [0, 0.05) is 29.2 Å². The Balaban J connectivity index is 1.41. The van der Waals surface area contributed by atoms with Crippen molar-refractivity contribution in [3.63, 3.8) is 0 Å². The molecule has 0 radical (unpaired) electrons. The van der Waals surface area contributed by atoms with Crippen LogP contribution in [0.15, 0.2) is 59.6 Å². The summed E-state index contributed by atoms with van der Waals surface area (Å²) in [6.07, 6.45) is 5.86. The highest BCUT2D eigenvalue weighted by atomic mass is 35.5. The molecule has 2 heterocycles. The normalized spacial score (nSPS) is 17.9. The zero-order chi connectivity index (χ0) is 26.9. The van der Waals surface area contributed by atoms with Crippen LogP contribution >= 0.6 is 11.6 Å². The molecule has 0 spiro atoms. The van der Waals surface area contributed by atoms with Gasteiger partial charge >= 0.3 is 0 Å². The molecular weight excluding hydrogens is 522 g/mol. The van der Waals surface area contributed by atoms with Gasteiger partial charge in [-0.05, 0) is 80.1 Å².